The second kappa shape index (κ2) is 6.83. The molecule has 0 fully saturated rings. The normalized spacial score (nSPS) is 10.6. The first kappa shape index (κ1) is 15.0. The topological polar surface area (TPSA) is 77.2 Å². The summed E-state index contributed by atoms with van der Waals surface area (Å²) in [4.78, 5) is 11.2. The second-order valence-corrected chi connectivity index (χ2v) is 4.31. The predicted octanol–water partition coefficient (Wildman–Crippen LogP) is 2.40. The van der Waals surface area contributed by atoms with Gasteiger partial charge in [-0.3, -0.25) is 4.39 Å². The molecule has 1 aromatic heterocycles. The largest absolute Gasteiger partial charge is 0.494 e. The molecule has 7 heteroatoms. The SMILES string of the molecule is CCOc1ccc(-c2c(C(=O)O)nnn2CCCF)cc1. The first-order valence-electron chi connectivity index (χ1n) is 6.63. The zero-order valence-corrected chi connectivity index (χ0v) is 11.6. The van der Waals surface area contributed by atoms with Crippen molar-refractivity contribution in [3.63, 3.8) is 0 Å². The van der Waals surface area contributed by atoms with Crippen LogP contribution in [0.2, 0.25) is 0 Å². The van der Waals surface area contributed by atoms with E-state index in [4.69, 9.17) is 4.74 Å². The lowest BCUT2D eigenvalue weighted by atomic mass is 10.1. The Morgan fingerprint density at radius 3 is 2.67 bits per heavy atom. The average Bonchev–Trinajstić information content (AvgIpc) is 2.90. The minimum Gasteiger partial charge on any atom is -0.494 e. The molecule has 0 aliphatic rings. The zero-order chi connectivity index (χ0) is 15.2. The molecule has 2 aromatic rings. The van der Waals surface area contributed by atoms with Crippen LogP contribution in [0.1, 0.15) is 23.8 Å². The summed E-state index contributed by atoms with van der Waals surface area (Å²) in [5.74, 6) is -0.466. The van der Waals surface area contributed by atoms with Gasteiger partial charge in [-0.2, -0.15) is 0 Å². The maximum atomic E-state index is 12.3. The van der Waals surface area contributed by atoms with Crippen LogP contribution < -0.4 is 4.74 Å². The number of carboxylic acid groups (broad SMARTS) is 1. The number of carbonyl (C=O) groups is 1. The van der Waals surface area contributed by atoms with Gasteiger partial charge in [0.1, 0.15) is 11.4 Å². The van der Waals surface area contributed by atoms with Crippen LogP contribution in [0.3, 0.4) is 0 Å². The average molecular weight is 293 g/mol. The van der Waals surface area contributed by atoms with Crippen LogP contribution in [-0.2, 0) is 6.54 Å². The molecule has 0 bridgehead atoms. The van der Waals surface area contributed by atoms with E-state index in [0.29, 0.717) is 23.6 Å². The van der Waals surface area contributed by atoms with Gasteiger partial charge in [-0.05, 0) is 37.6 Å². The minimum absolute atomic E-state index is 0.141. The zero-order valence-electron chi connectivity index (χ0n) is 11.6. The van der Waals surface area contributed by atoms with Crippen molar-refractivity contribution in [2.45, 2.75) is 19.9 Å². The fraction of sp³-hybridized carbons (Fsp3) is 0.357. The molecule has 1 heterocycles. The van der Waals surface area contributed by atoms with Crippen molar-refractivity contribution in [3.8, 4) is 17.0 Å². The van der Waals surface area contributed by atoms with Crippen LogP contribution in [0, 0.1) is 0 Å². The van der Waals surface area contributed by atoms with Gasteiger partial charge in [0, 0.05) is 12.1 Å². The molecule has 1 aromatic carbocycles. The summed E-state index contributed by atoms with van der Waals surface area (Å²) >= 11 is 0. The van der Waals surface area contributed by atoms with E-state index in [0.717, 1.165) is 0 Å². The quantitative estimate of drug-likeness (QED) is 0.848. The first-order chi connectivity index (χ1) is 10.2. The lowest BCUT2D eigenvalue weighted by molar-refractivity contribution is 0.0691. The van der Waals surface area contributed by atoms with Gasteiger partial charge in [0.25, 0.3) is 0 Å². The second-order valence-electron chi connectivity index (χ2n) is 4.31. The van der Waals surface area contributed by atoms with Gasteiger partial charge in [-0.25, -0.2) is 9.48 Å². The summed E-state index contributed by atoms with van der Waals surface area (Å²) in [5.41, 5.74) is 0.886. The molecule has 2 rings (SSSR count). The van der Waals surface area contributed by atoms with Crippen LogP contribution in [0.25, 0.3) is 11.3 Å². The third-order valence-electron chi connectivity index (χ3n) is 2.88. The van der Waals surface area contributed by atoms with Crippen molar-refractivity contribution in [1.29, 1.82) is 0 Å². The van der Waals surface area contributed by atoms with E-state index in [9.17, 15) is 14.3 Å². The van der Waals surface area contributed by atoms with Crippen LogP contribution in [-0.4, -0.2) is 39.4 Å². The molecule has 112 valence electrons. The minimum atomic E-state index is -1.16. The van der Waals surface area contributed by atoms with Crippen molar-refractivity contribution in [2.75, 3.05) is 13.3 Å². The van der Waals surface area contributed by atoms with Crippen LogP contribution in [0.15, 0.2) is 24.3 Å². The number of aromatic carboxylic acids is 1. The van der Waals surface area contributed by atoms with E-state index in [1.54, 1.807) is 24.3 Å². The highest BCUT2D eigenvalue weighted by Gasteiger charge is 2.20. The monoisotopic (exact) mass is 293 g/mol. The van der Waals surface area contributed by atoms with Crippen molar-refractivity contribution in [3.05, 3.63) is 30.0 Å². The predicted molar refractivity (Wildman–Crippen MR) is 74.2 cm³/mol. The van der Waals surface area contributed by atoms with E-state index in [1.165, 1.54) is 4.68 Å². The number of halogens is 1. The summed E-state index contributed by atoms with van der Waals surface area (Å²) < 4.78 is 19.1. The van der Waals surface area contributed by atoms with Crippen molar-refractivity contribution in [2.24, 2.45) is 0 Å². The maximum Gasteiger partial charge on any atom is 0.358 e. The molecule has 0 spiro atoms. The van der Waals surface area contributed by atoms with Gasteiger partial charge in [0.05, 0.1) is 13.3 Å². The highest BCUT2D eigenvalue weighted by atomic mass is 19.1. The van der Waals surface area contributed by atoms with Crippen molar-refractivity contribution < 1.29 is 19.0 Å². The lowest BCUT2D eigenvalue weighted by Crippen LogP contribution is -2.05. The Balaban J connectivity index is 2.39. The molecule has 0 saturated heterocycles. The summed E-state index contributed by atoms with van der Waals surface area (Å²) in [5, 5.41) is 16.7. The molecule has 0 aliphatic heterocycles. The van der Waals surface area contributed by atoms with Crippen molar-refractivity contribution >= 4 is 5.97 Å². The summed E-state index contributed by atoms with van der Waals surface area (Å²) in [7, 11) is 0. The highest BCUT2D eigenvalue weighted by Crippen LogP contribution is 2.25. The number of hydrogen-bond donors (Lipinski definition) is 1. The molecular weight excluding hydrogens is 277 g/mol. The molecule has 0 atom stereocenters. The van der Waals surface area contributed by atoms with Gasteiger partial charge in [-0.15, -0.1) is 5.10 Å². The number of nitrogens with zero attached hydrogens (tertiary/aromatic N) is 3. The smallest absolute Gasteiger partial charge is 0.358 e. The number of aromatic nitrogens is 3. The summed E-state index contributed by atoms with van der Waals surface area (Å²) in [6.45, 7) is 2.21. The third-order valence-corrected chi connectivity index (χ3v) is 2.88. The number of carboxylic acids is 1. The Labute approximate surface area is 121 Å². The van der Waals surface area contributed by atoms with E-state index >= 15 is 0 Å². The van der Waals surface area contributed by atoms with Gasteiger partial charge in [-0.1, -0.05) is 5.21 Å². The molecule has 0 unspecified atom stereocenters. The van der Waals surface area contributed by atoms with Gasteiger partial charge in [0.15, 0.2) is 5.69 Å². The number of hydrogen-bond acceptors (Lipinski definition) is 4. The molecule has 21 heavy (non-hydrogen) atoms. The number of ether oxygens (including phenoxy) is 1. The van der Waals surface area contributed by atoms with E-state index < -0.39 is 12.6 Å². The molecule has 0 amide bonds. The Hall–Kier alpha value is -2.44. The third kappa shape index (κ3) is 3.36. The van der Waals surface area contributed by atoms with Crippen LogP contribution >= 0.6 is 0 Å². The first-order valence-corrected chi connectivity index (χ1v) is 6.63. The molecular formula is C14H16FN3O3. The fourth-order valence-corrected chi connectivity index (χ4v) is 1.98. The molecule has 0 aliphatic carbocycles. The maximum absolute atomic E-state index is 12.3. The number of aryl methyl sites for hydroxylation is 1. The van der Waals surface area contributed by atoms with Crippen LogP contribution in [0.5, 0.6) is 5.75 Å². The lowest BCUT2D eigenvalue weighted by Gasteiger charge is -2.08. The van der Waals surface area contributed by atoms with Gasteiger partial charge < -0.3 is 9.84 Å². The molecule has 0 saturated carbocycles. The fourth-order valence-electron chi connectivity index (χ4n) is 1.98. The standard InChI is InChI=1S/C14H16FN3O3/c1-2-21-11-6-4-10(5-7-11)13-12(14(19)20)16-17-18(13)9-3-8-15/h4-7H,2-3,8-9H2,1H3,(H,19,20). The summed E-state index contributed by atoms with van der Waals surface area (Å²) in [6, 6.07) is 6.97. The Morgan fingerprint density at radius 1 is 1.38 bits per heavy atom. The van der Waals surface area contributed by atoms with Gasteiger partial charge in [0.2, 0.25) is 0 Å². The molecule has 0 radical (unpaired) electrons. The molecule has 6 nitrogen and oxygen atoms in total. The highest BCUT2D eigenvalue weighted by molar-refractivity contribution is 5.92. The van der Waals surface area contributed by atoms with E-state index in [-0.39, 0.29) is 18.7 Å². The van der Waals surface area contributed by atoms with E-state index in [1.807, 2.05) is 6.92 Å². The van der Waals surface area contributed by atoms with Crippen molar-refractivity contribution in [1.82, 2.24) is 15.0 Å². The van der Waals surface area contributed by atoms with E-state index in [2.05, 4.69) is 10.3 Å². The van der Waals surface area contributed by atoms with Crippen LogP contribution in [0.4, 0.5) is 4.39 Å². The number of rotatable bonds is 7. The Bertz CT molecular complexity index is 610. The Kier molecular flexibility index (Phi) is 4.86. The molecule has 1 N–H and O–H groups in total. The number of alkyl halides is 1. The van der Waals surface area contributed by atoms with Gasteiger partial charge >= 0.3 is 5.97 Å². The summed E-state index contributed by atoms with van der Waals surface area (Å²) in [6.07, 6.45) is 0.256. The number of benzene rings is 1. The Morgan fingerprint density at radius 2 is 2.10 bits per heavy atom.